The van der Waals surface area contributed by atoms with Crippen LogP contribution in [-0.2, 0) is 4.74 Å². The quantitative estimate of drug-likeness (QED) is 0.475. The molecule has 0 bridgehead atoms. The first-order valence-electron chi connectivity index (χ1n) is 8.76. The molecule has 1 amide bonds. The summed E-state index contributed by atoms with van der Waals surface area (Å²) in [5, 5.41) is 14.1. The molecular weight excluding hydrogens is 420 g/mol. The van der Waals surface area contributed by atoms with Gasteiger partial charge in [0, 0.05) is 31.2 Å². The van der Waals surface area contributed by atoms with Crippen LogP contribution in [0, 0.1) is 10.1 Å². The molecule has 2 aromatic heterocycles. The number of nitro benzene ring substituents is 1. The second-order valence-corrected chi connectivity index (χ2v) is 7.76. The Morgan fingerprint density at radius 3 is 2.86 bits per heavy atom. The maximum Gasteiger partial charge on any atom is 0.270 e. The number of nitro groups is 1. The highest BCUT2D eigenvalue weighted by Gasteiger charge is 2.19. The molecule has 4 rings (SSSR count). The molecule has 9 nitrogen and oxygen atoms in total. The van der Waals surface area contributed by atoms with Crippen molar-refractivity contribution in [3.8, 4) is 5.88 Å². The number of halogens is 1. The maximum atomic E-state index is 12.5. The first kappa shape index (κ1) is 19.5. The van der Waals surface area contributed by atoms with Crippen LogP contribution >= 0.6 is 22.9 Å². The zero-order valence-corrected chi connectivity index (χ0v) is 16.5. The molecule has 0 atom stereocenters. The van der Waals surface area contributed by atoms with Gasteiger partial charge in [-0.1, -0.05) is 22.9 Å². The Balaban J connectivity index is 1.47. The van der Waals surface area contributed by atoms with Crippen LogP contribution < -0.4 is 10.1 Å². The van der Waals surface area contributed by atoms with Crippen molar-refractivity contribution in [2.45, 2.75) is 18.9 Å². The van der Waals surface area contributed by atoms with Gasteiger partial charge in [-0.15, -0.1) is 0 Å². The van der Waals surface area contributed by atoms with Crippen LogP contribution in [0.2, 0.25) is 5.02 Å². The number of aromatic nitrogens is 2. The van der Waals surface area contributed by atoms with Crippen molar-refractivity contribution < 1.29 is 19.2 Å². The van der Waals surface area contributed by atoms with E-state index in [1.54, 1.807) is 6.07 Å². The summed E-state index contributed by atoms with van der Waals surface area (Å²) in [7, 11) is 0. The summed E-state index contributed by atoms with van der Waals surface area (Å²) in [6.45, 7) is 1.27. The van der Waals surface area contributed by atoms with Crippen LogP contribution in [0.25, 0.3) is 10.2 Å². The molecule has 1 aromatic carbocycles. The average Bonchev–Trinajstić information content (AvgIpc) is 3.11. The lowest BCUT2D eigenvalue weighted by atomic mass is 10.1. The third-order valence-corrected chi connectivity index (χ3v) is 5.52. The molecule has 0 saturated carbocycles. The predicted octanol–water partition coefficient (Wildman–Crippen LogP) is 4.06. The molecule has 1 N–H and O–H groups in total. The van der Waals surface area contributed by atoms with E-state index < -0.39 is 10.8 Å². The molecule has 0 aliphatic carbocycles. The van der Waals surface area contributed by atoms with Crippen molar-refractivity contribution in [1.29, 1.82) is 0 Å². The van der Waals surface area contributed by atoms with E-state index in [4.69, 9.17) is 21.1 Å². The number of carbonyl (C=O) groups is 1. The number of thiazole rings is 1. The molecule has 0 radical (unpaired) electrons. The fraction of sp³-hybridized carbons (Fsp3) is 0.278. The summed E-state index contributed by atoms with van der Waals surface area (Å²) in [4.78, 5) is 31.3. The summed E-state index contributed by atoms with van der Waals surface area (Å²) in [5.41, 5.74) is 0.780. The highest BCUT2D eigenvalue weighted by atomic mass is 35.5. The molecule has 0 unspecified atom stereocenters. The van der Waals surface area contributed by atoms with Crippen LogP contribution in [0.5, 0.6) is 5.88 Å². The summed E-state index contributed by atoms with van der Waals surface area (Å²) in [6.07, 6.45) is 2.89. The number of rotatable bonds is 5. The van der Waals surface area contributed by atoms with Crippen LogP contribution in [0.4, 0.5) is 10.8 Å². The van der Waals surface area contributed by atoms with Crippen LogP contribution in [0.15, 0.2) is 30.5 Å². The molecule has 29 heavy (non-hydrogen) atoms. The van der Waals surface area contributed by atoms with Crippen molar-refractivity contribution in [1.82, 2.24) is 9.97 Å². The molecule has 0 spiro atoms. The number of non-ortho nitro benzene ring substituents is 1. The third-order valence-electron chi connectivity index (χ3n) is 4.32. The van der Waals surface area contributed by atoms with Gasteiger partial charge in [-0.2, -0.15) is 0 Å². The van der Waals surface area contributed by atoms with Gasteiger partial charge in [-0.25, -0.2) is 9.97 Å². The molecule has 1 saturated heterocycles. The Bertz CT molecular complexity index is 1080. The lowest BCUT2D eigenvalue weighted by molar-refractivity contribution is -0.384. The van der Waals surface area contributed by atoms with E-state index in [2.05, 4.69) is 15.3 Å². The smallest absolute Gasteiger partial charge is 0.270 e. The number of anilines is 1. The van der Waals surface area contributed by atoms with Gasteiger partial charge in [0.05, 0.1) is 33.9 Å². The van der Waals surface area contributed by atoms with Crippen LogP contribution in [0.1, 0.15) is 23.2 Å². The molecule has 1 fully saturated rings. The minimum absolute atomic E-state index is 0.0137. The van der Waals surface area contributed by atoms with Gasteiger partial charge in [0.15, 0.2) is 5.13 Å². The second-order valence-electron chi connectivity index (χ2n) is 6.32. The molecule has 1 aliphatic rings. The minimum Gasteiger partial charge on any atom is -0.473 e. The third kappa shape index (κ3) is 4.44. The number of fused-ring (bicyclic) bond motifs is 1. The van der Waals surface area contributed by atoms with Crippen molar-refractivity contribution in [2.75, 3.05) is 18.5 Å². The molecule has 1 aliphatic heterocycles. The molecule has 11 heteroatoms. The molecule has 150 valence electrons. The van der Waals surface area contributed by atoms with E-state index >= 15 is 0 Å². The molecule has 3 aromatic rings. The highest BCUT2D eigenvalue weighted by Crippen LogP contribution is 2.30. The van der Waals surface area contributed by atoms with Gasteiger partial charge in [0.25, 0.3) is 11.6 Å². The van der Waals surface area contributed by atoms with E-state index in [0.29, 0.717) is 28.6 Å². The van der Waals surface area contributed by atoms with Crippen LogP contribution in [-0.4, -0.2) is 40.1 Å². The Kier molecular flexibility index (Phi) is 5.56. The Hall–Kier alpha value is -2.82. The standard InChI is InChI=1S/C18H15ClN4O5S/c19-13-7-10(9-20-17(13)28-12-3-5-27-6-4-12)16(24)22-18-21-14-2-1-11(23(25)26)8-15(14)29-18/h1-2,7-9,12H,3-6H2,(H,21,22,24). The second kappa shape index (κ2) is 8.27. The summed E-state index contributed by atoms with van der Waals surface area (Å²) >= 11 is 7.38. The lowest BCUT2D eigenvalue weighted by Gasteiger charge is -2.23. The molecule has 3 heterocycles. The Labute approximate surface area is 173 Å². The van der Waals surface area contributed by atoms with Gasteiger partial charge in [0.1, 0.15) is 11.1 Å². The zero-order valence-electron chi connectivity index (χ0n) is 15.0. The number of nitrogens with one attached hydrogen (secondary N) is 1. The number of hydrogen-bond donors (Lipinski definition) is 1. The summed E-state index contributed by atoms with van der Waals surface area (Å²) in [5.74, 6) is -0.159. The SMILES string of the molecule is O=C(Nc1nc2ccc([N+](=O)[O-])cc2s1)c1cnc(OC2CCOCC2)c(Cl)c1. The number of benzene rings is 1. The Morgan fingerprint density at radius 1 is 1.34 bits per heavy atom. The summed E-state index contributed by atoms with van der Waals surface area (Å²) in [6, 6.07) is 5.81. The number of hydrogen-bond acceptors (Lipinski definition) is 8. The predicted molar refractivity (Wildman–Crippen MR) is 108 cm³/mol. The molecular formula is C18H15ClN4O5S. The van der Waals surface area contributed by atoms with Crippen molar-refractivity contribution in [3.63, 3.8) is 0 Å². The zero-order chi connectivity index (χ0) is 20.4. The minimum atomic E-state index is -0.477. The van der Waals surface area contributed by atoms with Gasteiger partial charge >= 0.3 is 0 Å². The first-order valence-corrected chi connectivity index (χ1v) is 9.95. The maximum absolute atomic E-state index is 12.5. The van der Waals surface area contributed by atoms with Crippen LogP contribution in [0.3, 0.4) is 0 Å². The highest BCUT2D eigenvalue weighted by molar-refractivity contribution is 7.22. The number of nitrogens with zero attached hydrogens (tertiary/aromatic N) is 3. The monoisotopic (exact) mass is 434 g/mol. The van der Waals surface area contributed by atoms with E-state index in [-0.39, 0.29) is 28.3 Å². The number of amides is 1. The number of carbonyl (C=O) groups excluding carboxylic acids is 1. The van der Waals surface area contributed by atoms with Gasteiger partial charge in [0.2, 0.25) is 5.88 Å². The van der Waals surface area contributed by atoms with Crippen molar-refractivity contribution in [3.05, 3.63) is 51.2 Å². The number of ether oxygens (including phenoxy) is 2. The topological polar surface area (TPSA) is 116 Å². The fourth-order valence-corrected chi connectivity index (χ4v) is 3.94. The van der Waals surface area contributed by atoms with Gasteiger partial charge in [-0.05, 0) is 12.1 Å². The fourth-order valence-electron chi connectivity index (χ4n) is 2.84. The van der Waals surface area contributed by atoms with E-state index in [1.165, 1.54) is 24.4 Å². The average molecular weight is 435 g/mol. The first-order chi connectivity index (χ1) is 14.0. The van der Waals surface area contributed by atoms with E-state index in [9.17, 15) is 14.9 Å². The summed E-state index contributed by atoms with van der Waals surface area (Å²) < 4.78 is 11.7. The van der Waals surface area contributed by atoms with E-state index in [1.807, 2.05) is 0 Å². The largest absolute Gasteiger partial charge is 0.473 e. The van der Waals surface area contributed by atoms with Crippen molar-refractivity contribution >= 4 is 49.9 Å². The van der Waals surface area contributed by atoms with Gasteiger partial charge in [-0.3, -0.25) is 20.2 Å². The van der Waals surface area contributed by atoms with Crippen molar-refractivity contribution in [2.24, 2.45) is 0 Å². The normalized spacial score (nSPS) is 14.7. The lowest BCUT2D eigenvalue weighted by Crippen LogP contribution is -2.26. The number of pyridine rings is 1. The van der Waals surface area contributed by atoms with E-state index in [0.717, 1.165) is 24.2 Å². The Morgan fingerprint density at radius 2 is 2.14 bits per heavy atom. The van der Waals surface area contributed by atoms with Gasteiger partial charge < -0.3 is 9.47 Å².